The molecule has 0 aliphatic heterocycles. The standard InChI is InChI=1S/C17H18N2/c1-11-5-8-14(9-6-11)17-13(3)16-15(19(17)4)10-7-12(2)18-16/h5-10H,1-4H3. The summed E-state index contributed by atoms with van der Waals surface area (Å²) in [6, 6.07) is 12.9. The van der Waals surface area contributed by atoms with Crippen molar-refractivity contribution in [2.45, 2.75) is 20.8 Å². The zero-order chi connectivity index (χ0) is 13.6. The van der Waals surface area contributed by atoms with Crippen molar-refractivity contribution >= 4 is 11.0 Å². The Kier molecular flexibility index (Phi) is 2.67. The van der Waals surface area contributed by atoms with E-state index in [-0.39, 0.29) is 0 Å². The van der Waals surface area contributed by atoms with Gasteiger partial charge >= 0.3 is 0 Å². The number of pyridine rings is 1. The van der Waals surface area contributed by atoms with Crippen LogP contribution in [0.25, 0.3) is 22.3 Å². The minimum Gasteiger partial charge on any atom is -0.342 e. The van der Waals surface area contributed by atoms with Crippen LogP contribution < -0.4 is 0 Å². The van der Waals surface area contributed by atoms with E-state index in [0.29, 0.717) is 0 Å². The fourth-order valence-electron chi connectivity index (χ4n) is 2.70. The third-order valence-electron chi connectivity index (χ3n) is 3.75. The number of hydrogen-bond acceptors (Lipinski definition) is 1. The van der Waals surface area contributed by atoms with Gasteiger partial charge in [-0.15, -0.1) is 0 Å². The van der Waals surface area contributed by atoms with Gasteiger partial charge in [0, 0.05) is 18.3 Å². The Hall–Kier alpha value is -2.09. The molecule has 0 fully saturated rings. The minimum absolute atomic E-state index is 1.07. The highest BCUT2D eigenvalue weighted by atomic mass is 15.0. The first-order valence-electron chi connectivity index (χ1n) is 6.57. The molecule has 3 rings (SSSR count). The topological polar surface area (TPSA) is 17.8 Å². The largest absolute Gasteiger partial charge is 0.342 e. The number of aromatic nitrogens is 2. The van der Waals surface area contributed by atoms with Crippen LogP contribution in [0.3, 0.4) is 0 Å². The summed E-state index contributed by atoms with van der Waals surface area (Å²) >= 11 is 0. The number of hydrogen-bond donors (Lipinski definition) is 0. The third kappa shape index (κ3) is 1.84. The van der Waals surface area contributed by atoms with E-state index in [4.69, 9.17) is 0 Å². The second-order valence-corrected chi connectivity index (χ2v) is 5.22. The van der Waals surface area contributed by atoms with Crippen molar-refractivity contribution < 1.29 is 0 Å². The first kappa shape index (κ1) is 12.0. The maximum atomic E-state index is 4.68. The molecule has 3 aromatic rings. The van der Waals surface area contributed by atoms with Crippen LogP contribution >= 0.6 is 0 Å². The molecular weight excluding hydrogens is 232 g/mol. The van der Waals surface area contributed by atoms with Crippen molar-refractivity contribution in [2.24, 2.45) is 7.05 Å². The molecule has 2 nitrogen and oxygen atoms in total. The number of fused-ring (bicyclic) bond motifs is 1. The van der Waals surface area contributed by atoms with Crippen LogP contribution in [-0.2, 0) is 7.05 Å². The van der Waals surface area contributed by atoms with Crippen LogP contribution in [0.5, 0.6) is 0 Å². The summed E-state index contributed by atoms with van der Waals surface area (Å²) in [5, 5.41) is 0. The quantitative estimate of drug-likeness (QED) is 0.634. The van der Waals surface area contributed by atoms with E-state index < -0.39 is 0 Å². The summed E-state index contributed by atoms with van der Waals surface area (Å²) in [5.74, 6) is 0. The molecule has 2 aromatic heterocycles. The van der Waals surface area contributed by atoms with E-state index in [0.717, 1.165) is 11.2 Å². The Bertz CT molecular complexity index is 749. The predicted octanol–water partition coefficient (Wildman–Crippen LogP) is 4.17. The van der Waals surface area contributed by atoms with Gasteiger partial charge in [0.05, 0.1) is 16.7 Å². The van der Waals surface area contributed by atoms with Gasteiger partial charge < -0.3 is 4.57 Å². The molecule has 0 N–H and O–H groups in total. The van der Waals surface area contributed by atoms with Crippen LogP contribution in [0.4, 0.5) is 0 Å². The van der Waals surface area contributed by atoms with E-state index in [1.165, 1.54) is 27.9 Å². The third-order valence-corrected chi connectivity index (χ3v) is 3.75. The Labute approximate surface area is 113 Å². The molecule has 0 amide bonds. The Morgan fingerprint density at radius 3 is 2.26 bits per heavy atom. The van der Waals surface area contributed by atoms with Crippen molar-refractivity contribution in [3.8, 4) is 11.3 Å². The molecule has 0 unspecified atom stereocenters. The SMILES string of the molecule is Cc1ccc(-c2c(C)c3nc(C)ccc3n2C)cc1. The van der Waals surface area contributed by atoms with Gasteiger partial charge in [-0.2, -0.15) is 0 Å². The van der Waals surface area contributed by atoms with Crippen molar-refractivity contribution in [1.29, 1.82) is 0 Å². The van der Waals surface area contributed by atoms with Crippen molar-refractivity contribution in [2.75, 3.05) is 0 Å². The number of rotatable bonds is 1. The van der Waals surface area contributed by atoms with Crippen LogP contribution in [-0.4, -0.2) is 9.55 Å². The van der Waals surface area contributed by atoms with Gasteiger partial charge in [0.1, 0.15) is 0 Å². The van der Waals surface area contributed by atoms with E-state index in [1.54, 1.807) is 0 Å². The number of aryl methyl sites for hydroxylation is 4. The molecule has 0 aliphatic rings. The highest BCUT2D eigenvalue weighted by Crippen LogP contribution is 2.31. The molecular formula is C17H18N2. The van der Waals surface area contributed by atoms with Gasteiger partial charge in [-0.3, -0.25) is 4.98 Å². The molecule has 19 heavy (non-hydrogen) atoms. The number of benzene rings is 1. The minimum atomic E-state index is 1.07. The molecule has 0 spiro atoms. The average molecular weight is 250 g/mol. The van der Waals surface area contributed by atoms with Crippen LogP contribution in [0.1, 0.15) is 16.8 Å². The van der Waals surface area contributed by atoms with Gasteiger partial charge in [0.25, 0.3) is 0 Å². The Morgan fingerprint density at radius 1 is 0.895 bits per heavy atom. The van der Waals surface area contributed by atoms with E-state index >= 15 is 0 Å². The summed E-state index contributed by atoms with van der Waals surface area (Å²) in [5.41, 5.74) is 8.42. The molecule has 2 heterocycles. The Morgan fingerprint density at radius 2 is 1.58 bits per heavy atom. The molecule has 2 heteroatoms. The average Bonchev–Trinajstić information content (AvgIpc) is 2.63. The highest BCUT2D eigenvalue weighted by molar-refractivity contribution is 5.88. The maximum Gasteiger partial charge on any atom is 0.0919 e. The molecule has 0 aliphatic carbocycles. The lowest BCUT2D eigenvalue weighted by molar-refractivity contribution is 0.972. The molecule has 0 atom stereocenters. The summed E-state index contributed by atoms with van der Waals surface area (Å²) < 4.78 is 2.24. The summed E-state index contributed by atoms with van der Waals surface area (Å²) in [4.78, 5) is 4.68. The molecule has 0 saturated heterocycles. The molecule has 0 saturated carbocycles. The van der Waals surface area contributed by atoms with Crippen LogP contribution in [0.15, 0.2) is 36.4 Å². The fourth-order valence-corrected chi connectivity index (χ4v) is 2.70. The zero-order valence-corrected chi connectivity index (χ0v) is 11.9. The van der Waals surface area contributed by atoms with Crippen molar-refractivity contribution in [3.63, 3.8) is 0 Å². The normalized spacial score (nSPS) is 11.2. The molecule has 1 aromatic carbocycles. The van der Waals surface area contributed by atoms with Gasteiger partial charge in [-0.1, -0.05) is 29.8 Å². The van der Waals surface area contributed by atoms with Crippen LogP contribution in [0.2, 0.25) is 0 Å². The Balaban J connectivity index is 2.32. The monoisotopic (exact) mass is 250 g/mol. The van der Waals surface area contributed by atoms with E-state index in [2.05, 4.69) is 66.8 Å². The predicted molar refractivity (Wildman–Crippen MR) is 80.4 cm³/mol. The molecule has 0 bridgehead atoms. The summed E-state index contributed by atoms with van der Waals surface area (Å²) in [6.45, 7) is 6.31. The second kappa shape index (κ2) is 4.23. The van der Waals surface area contributed by atoms with Gasteiger partial charge in [-0.05, 0) is 38.5 Å². The smallest absolute Gasteiger partial charge is 0.0919 e. The first-order valence-corrected chi connectivity index (χ1v) is 6.57. The first-order chi connectivity index (χ1) is 9.08. The van der Waals surface area contributed by atoms with Gasteiger partial charge in [0.2, 0.25) is 0 Å². The highest BCUT2D eigenvalue weighted by Gasteiger charge is 2.14. The van der Waals surface area contributed by atoms with Crippen LogP contribution in [0, 0.1) is 20.8 Å². The van der Waals surface area contributed by atoms with Crippen molar-refractivity contribution in [1.82, 2.24) is 9.55 Å². The van der Waals surface area contributed by atoms with Gasteiger partial charge in [0.15, 0.2) is 0 Å². The molecule has 96 valence electrons. The number of nitrogens with zero attached hydrogens (tertiary/aromatic N) is 2. The lowest BCUT2D eigenvalue weighted by Crippen LogP contribution is -1.92. The lowest BCUT2D eigenvalue weighted by Gasteiger charge is -2.06. The zero-order valence-electron chi connectivity index (χ0n) is 11.9. The van der Waals surface area contributed by atoms with E-state index in [1.807, 2.05) is 6.92 Å². The second-order valence-electron chi connectivity index (χ2n) is 5.22. The maximum absolute atomic E-state index is 4.68. The lowest BCUT2D eigenvalue weighted by atomic mass is 10.1. The van der Waals surface area contributed by atoms with Crippen molar-refractivity contribution in [3.05, 3.63) is 53.2 Å². The summed E-state index contributed by atoms with van der Waals surface area (Å²) in [7, 11) is 2.11. The van der Waals surface area contributed by atoms with E-state index in [9.17, 15) is 0 Å². The van der Waals surface area contributed by atoms with Gasteiger partial charge in [-0.25, -0.2) is 0 Å². The molecule has 0 radical (unpaired) electrons. The fraction of sp³-hybridized carbons (Fsp3) is 0.235. The summed E-state index contributed by atoms with van der Waals surface area (Å²) in [6.07, 6.45) is 0.